The third-order valence-corrected chi connectivity index (χ3v) is 3.44. The van der Waals surface area contributed by atoms with Gasteiger partial charge in [0.2, 0.25) is 0 Å². The van der Waals surface area contributed by atoms with Gasteiger partial charge in [-0.05, 0) is 56.2 Å². The number of carbonyl (C=O) groups excluding carboxylic acids is 1. The Labute approximate surface area is 159 Å². The Hall–Kier alpha value is -2.77. The topological polar surface area (TPSA) is 94.1 Å². The van der Waals surface area contributed by atoms with E-state index < -0.39 is 0 Å². The fourth-order valence-corrected chi connectivity index (χ4v) is 2.26. The van der Waals surface area contributed by atoms with Crippen molar-refractivity contribution in [2.75, 3.05) is 17.2 Å². The van der Waals surface area contributed by atoms with E-state index in [0.717, 1.165) is 0 Å². The van der Waals surface area contributed by atoms with E-state index in [0.29, 0.717) is 35.3 Å². The molecule has 0 aliphatic rings. The number of rotatable bonds is 8. The molecule has 0 bridgehead atoms. The number of benzene rings is 2. The zero-order valence-electron chi connectivity index (χ0n) is 15.9. The van der Waals surface area contributed by atoms with E-state index in [1.807, 2.05) is 27.7 Å². The fraction of sp³-hybridized carbons (Fsp3) is 0.350. The van der Waals surface area contributed by atoms with Crippen molar-refractivity contribution in [1.82, 2.24) is 0 Å². The predicted molar refractivity (Wildman–Crippen MR) is 105 cm³/mol. The van der Waals surface area contributed by atoms with E-state index in [9.17, 15) is 10.0 Å². The maximum Gasteiger partial charge on any atom is 0.255 e. The summed E-state index contributed by atoms with van der Waals surface area (Å²) in [5, 5.41) is 22.2. The second-order valence-electron chi connectivity index (χ2n) is 6.84. The molecule has 2 aromatic rings. The van der Waals surface area contributed by atoms with Crippen molar-refractivity contribution >= 4 is 17.3 Å². The first kappa shape index (κ1) is 20.5. The van der Waals surface area contributed by atoms with Crippen LogP contribution < -0.4 is 20.0 Å². The Bertz CT molecular complexity index is 757. The summed E-state index contributed by atoms with van der Waals surface area (Å²) < 4.78 is 11.5. The van der Waals surface area contributed by atoms with Gasteiger partial charge in [0, 0.05) is 17.3 Å². The molecular formula is C20H25N2O5-. The predicted octanol–water partition coefficient (Wildman–Crippen LogP) is 4.45. The van der Waals surface area contributed by atoms with E-state index in [4.69, 9.17) is 14.7 Å². The van der Waals surface area contributed by atoms with Gasteiger partial charge in [-0.1, -0.05) is 13.8 Å². The third kappa shape index (κ3) is 6.47. The Kier molecular flexibility index (Phi) is 7.04. The number of hydrogen-bond donors (Lipinski definition) is 2. The van der Waals surface area contributed by atoms with E-state index in [2.05, 4.69) is 5.32 Å². The monoisotopic (exact) mass is 373 g/mol. The number of amides is 1. The molecule has 0 radical (unpaired) electrons. The van der Waals surface area contributed by atoms with Crippen LogP contribution in [0.25, 0.3) is 0 Å². The van der Waals surface area contributed by atoms with Gasteiger partial charge < -0.3 is 25.2 Å². The van der Waals surface area contributed by atoms with Crippen molar-refractivity contribution in [3.63, 3.8) is 0 Å². The minimum atomic E-state index is -0.339. The van der Waals surface area contributed by atoms with Crippen LogP contribution in [0.1, 0.15) is 38.1 Å². The number of ether oxygens (including phenoxy) is 2. The Morgan fingerprint density at radius 3 is 2.30 bits per heavy atom. The van der Waals surface area contributed by atoms with E-state index >= 15 is 0 Å². The minimum Gasteiger partial charge on any atom is -0.733 e. The van der Waals surface area contributed by atoms with Crippen LogP contribution >= 0.6 is 0 Å². The van der Waals surface area contributed by atoms with Gasteiger partial charge in [-0.25, -0.2) is 0 Å². The van der Waals surface area contributed by atoms with Crippen LogP contribution in [0.4, 0.5) is 11.4 Å². The van der Waals surface area contributed by atoms with Crippen LogP contribution in [0.5, 0.6) is 11.5 Å². The summed E-state index contributed by atoms with van der Waals surface area (Å²) in [5.41, 5.74) is 0.957. The lowest BCUT2D eigenvalue weighted by Gasteiger charge is -2.21. The summed E-state index contributed by atoms with van der Waals surface area (Å²) in [7, 11) is 0. The summed E-state index contributed by atoms with van der Waals surface area (Å²) >= 11 is 0. The van der Waals surface area contributed by atoms with Crippen molar-refractivity contribution < 1.29 is 19.5 Å². The molecule has 1 amide bonds. The molecule has 7 heteroatoms. The molecule has 7 nitrogen and oxygen atoms in total. The smallest absolute Gasteiger partial charge is 0.255 e. The van der Waals surface area contributed by atoms with Crippen molar-refractivity contribution in [3.8, 4) is 11.5 Å². The Morgan fingerprint density at radius 1 is 1.11 bits per heavy atom. The van der Waals surface area contributed by atoms with Crippen molar-refractivity contribution in [2.24, 2.45) is 5.92 Å². The van der Waals surface area contributed by atoms with Crippen molar-refractivity contribution in [1.29, 1.82) is 0 Å². The first-order valence-corrected chi connectivity index (χ1v) is 8.76. The van der Waals surface area contributed by atoms with Crippen LogP contribution in [0.3, 0.4) is 0 Å². The van der Waals surface area contributed by atoms with E-state index in [1.54, 1.807) is 18.2 Å². The van der Waals surface area contributed by atoms with Crippen molar-refractivity contribution in [2.45, 2.75) is 33.8 Å². The molecule has 0 fully saturated rings. The second-order valence-corrected chi connectivity index (χ2v) is 6.84. The van der Waals surface area contributed by atoms with Gasteiger partial charge in [-0.15, -0.1) is 0 Å². The maximum absolute atomic E-state index is 12.6. The molecule has 0 saturated carbocycles. The molecule has 2 aromatic carbocycles. The standard InChI is InChI=1S/C20H25N2O5/c1-13(2)12-26-18-9-15(10-19(11-18)27-14(3)4)20(23)21-16-5-7-17(8-6-16)22(24)25/h5-11,13-14,24H,12H2,1-4H3,(H,21,23)/q-1. The summed E-state index contributed by atoms with van der Waals surface area (Å²) in [6.07, 6.45) is -0.0395. The summed E-state index contributed by atoms with van der Waals surface area (Å²) in [6.45, 7) is 8.43. The van der Waals surface area contributed by atoms with Crippen molar-refractivity contribution in [3.05, 3.63) is 53.2 Å². The van der Waals surface area contributed by atoms with Gasteiger partial charge in [-0.2, -0.15) is 0 Å². The molecule has 0 aliphatic heterocycles. The minimum absolute atomic E-state index is 0.0395. The number of hydrogen-bond acceptors (Lipinski definition) is 6. The van der Waals surface area contributed by atoms with E-state index in [-0.39, 0.29) is 22.9 Å². The average Bonchev–Trinajstić information content (AvgIpc) is 2.59. The van der Waals surface area contributed by atoms with Gasteiger partial charge in [-0.3, -0.25) is 10.0 Å². The molecule has 0 aliphatic carbocycles. The molecule has 0 spiro atoms. The maximum atomic E-state index is 12.6. The zero-order chi connectivity index (χ0) is 20.0. The highest BCUT2D eigenvalue weighted by atomic mass is 16.8. The zero-order valence-corrected chi connectivity index (χ0v) is 15.9. The van der Waals surface area contributed by atoms with Crippen LogP contribution in [-0.2, 0) is 0 Å². The molecule has 0 atom stereocenters. The second kappa shape index (κ2) is 9.25. The lowest BCUT2D eigenvalue weighted by atomic mass is 10.1. The summed E-state index contributed by atoms with van der Waals surface area (Å²) in [4.78, 5) is 12.6. The molecule has 2 rings (SSSR count). The molecule has 27 heavy (non-hydrogen) atoms. The summed E-state index contributed by atoms with van der Waals surface area (Å²) in [5.74, 6) is 1.12. The lowest BCUT2D eigenvalue weighted by Crippen LogP contribution is -2.14. The summed E-state index contributed by atoms with van der Waals surface area (Å²) in [6, 6.07) is 10.9. The lowest BCUT2D eigenvalue weighted by molar-refractivity contribution is 0.102. The van der Waals surface area contributed by atoms with Gasteiger partial charge in [0.25, 0.3) is 5.91 Å². The highest BCUT2D eigenvalue weighted by Gasteiger charge is 2.12. The average molecular weight is 373 g/mol. The molecule has 146 valence electrons. The third-order valence-electron chi connectivity index (χ3n) is 3.44. The van der Waals surface area contributed by atoms with Gasteiger partial charge >= 0.3 is 0 Å². The first-order chi connectivity index (χ1) is 12.7. The normalized spacial score (nSPS) is 10.8. The van der Waals surface area contributed by atoms with Gasteiger partial charge in [0.15, 0.2) is 0 Å². The Morgan fingerprint density at radius 2 is 1.74 bits per heavy atom. The van der Waals surface area contributed by atoms with Gasteiger partial charge in [0.05, 0.1) is 18.4 Å². The SMILES string of the molecule is CC(C)COc1cc(OC(C)C)cc(C(=O)Nc2ccc(N([O-])O)cc2)c1. The molecule has 0 saturated heterocycles. The van der Waals surface area contributed by atoms with Crippen LogP contribution in [0.2, 0.25) is 0 Å². The molecule has 0 aromatic heterocycles. The molecule has 0 heterocycles. The van der Waals surface area contributed by atoms with Crippen LogP contribution in [0.15, 0.2) is 42.5 Å². The number of anilines is 2. The number of nitrogens with zero attached hydrogens (tertiary/aromatic N) is 1. The van der Waals surface area contributed by atoms with Crippen LogP contribution in [0, 0.1) is 11.1 Å². The highest BCUT2D eigenvalue weighted by Crippen LogP contribution is 2.25. The fourth-order valence-electron chi connectivity index (χ4n) is 2.26. The molecule has 2 N–H and O–H groups in total. The number of carbonyl (C=O) groups is 1. The Balaban J connectivity index is 2.20. The molecular weight excluding hydrogens is 348 g/mol. The largest absolute Gasteiger partial charge is 0.733 e. The van der Waals surface area contributed by atoms with E-state index in [1.165, 1.54) is 24.3 Å². The quantitative estimate of drug-likeness (QED) is 0.664. The number of nitrogens with one attached hydrogen (secondary N) is 1. The van der Waals surface area contributed by atoms with Gasteiger partial charge in [0.1, 0.15) is 11.5 Å². The molecule has 0 unspecified atom stereocenters. The van der Waals surface area contributed by atoms with Crippen LogP contribution in [-0.4, -0.2) is 23.8 Å². The highest BCUT2D eigenvalue weighted by molar-refractivity contribution is 6.04. The first-order valence-electron chi connectivity index (χ1n) is 8.76.